The zero-order chi connectivity index (χ0) is 17.9. The van der Waals surface area contributed by atoms with E-state index in [4.69, 9.17) is 9.15 Å². The van der Waals surface area contributed by atoms with Gasteiger partial charge in [0.25, 0.3) is 0 Å². The lowest BCUT2D eigenvalue weighted by molar-refractivity contribution is -0.121. The van der Waals surface area contributed by atoms with Gasteiger partial charge in [0.1, 0.15) is 17.1 Å². The van der Waals surface area contributed by atoms with Gasteiger partial charge in [0.2, 0.25) is 5.91 Å². The van der Waals surface area contributed by atoms with Crippen molar-refractivity contribution in [3.63, 3.8) is 0 Å². The summed E-state index contributed by atoms with van der Waals surface area (Å²) in [6, 6.07) is 2.34. The summed E-state index contributed by atoms with van der Waals surface area (Å²) in [5, 5.41) is 31.7. The van der Waals surface area contributed by atoms with Gasteiger partial charge in [-0.3, -0.25) is 4.79 Å². The molecule has 130 valence electrons. The summed E-state index contributed by atoms with van der Waals surface area (Å²) in [6.45, 7) is 1.65. The number of aryl methyl sites for hydroxylation is 1. The number of methoxy groups -OCH3 is 1. The van der Waals surface area contributed by atoms with Crippen LogP contribution in [0.2, 0.25) is 0 Å². The van der Waals surface area contributed by atoms with Crippen molar-refractivity contribution in [2.45, 2.75) is 19.4 Å². The minimum Gasteiger partial charge on any atom is -0.508 e. The standard InChI is InChI=1S/C16H19NO7/c1-8-11(5-14(21)17-6-10(19)7-23-2)16(22)24-13-4-9(18)3-12(20)15(8)13/h3-4,10,18-20H,5-7H2,1-2H3,(H,17,21)/t10-/m0/s1. The quantitative estimate of drug-likeness (QED) is 0.553. The average Bonchev–Trinajstić information content (AvgIpc) is 2.48. The number of rotatable bonds is 6. The monoisotopic (exact) mass is 337 g/mol. The SMILES string of the molecule is COC[C@@H](O)CNC(=O)Cc1c(C)c2c(O)cc(O)cc2oc1=O. The Labute approximate surface area is 137 Å². The van der Waals surface area contributed by atoms with Crippen molar-refractivity contribution in [2.75, 3.05) is 20.3 Å². The molecule has 1 atom stereocenters. The lowest BCUT2D eigenvalue weighted by Gasteiger charge is -2.12. The molecule has 1 aromatic carbocycles. The molecule has 2 rings (SSSR count). The first kappa shape index (κ1) is 17.8. The van der Waals surface area contributed by atoms with Gasteiger partial charge in [-0.05, 0) is 12.5 Å². The van der Waals surface area contributed by atoms with Crippen molar-refractivity contribution in [1.82, 2.24) is 5.32 Å². The molecule has 24 heavy (non-hydrogen) atoms. The van der Waals surface area contributed by atoms with E-state index in [-0.39, 0.29) is 47.6 Å². The van der Waals surface area contributed by atoms with Crippen molar-refractivity contribution in [1.29, 1.82) is 0 Å². The van der Waals surface area contributed by atoms with Crippen LogP contribution in [0.25, 0.3) is 11.0 Å². The Morgan fingerprint density at radius 2 is 2.08 bits per heavy atom. The van der Waals surface area contributed by atoms with E-state index in [0.717, 1.165) is 6.07 Å². The van der Waals surface area contributed by atoms with Crippen molar-refractivity contribution in [3.05, 3.63) is 33.7 Å². The number of phenols is 2. The van der Waals surface area contributed by atoms with E-state index in [2.05, 4.69) is 5.32 Å². The summed E-state index contributed by atoms with van der Waals surface area (Å²) in [5.41, 5.74) is -0.194. The Hall–Kier alpha value is -2.58. The Morgan fingerprint density at radius 1 is 1.38 bits per heavy atom. The highest BCUT2D eigenvalue weighted by Gasteiger charge is 2.18. The molecule has 0 bridgehead atoms. The fraction of sp³-hybridized carbons (Fsp3) is 0.375. The number of hydrogen-bond acceptors (Lipinski definition) is 7. The van der Waals surface area contributed by atoms with E-state index in [1.165, 1.54) is 13.2 Å². The van der Waals surface area contributed by atoms with Crippen LogP contribution >= 0.6 is 0 Å². The number of hydrogen-bond donors (Lipinski definition) is 4. The van der Waals surface area contributed by atoms with Gasteiger partial charge < -0.3 is 29.8 Å². The zero-order valence-corrected chi connectivity index (χ0v) is 13.3. The third-order valence-electron chi connectivity index (χ3n) is 3.57. The average molecular weight is 337 g/mol. The van der Waals surface area contributed by atoms with Crippen LogP contribution in [0.3, 0.4) is 0 Å². The van der Waals surface area contributed by atoms with E-state index >= 15 is 0 Å². The number of aliphatic hydroxyl groups is 1. The molecule has 0 saturated heterocycles. The molecule has 0 fully saturated rings. The van der Waals surface area contributed by atoms with Crippen molar-refractivity contribution in [2.24, 2.45) is 0 Å². The molecule has 0 aliphatic carbocycles. The van der Waals surface area contributed by atoms with Crippen LogP contribution in [0.1, 0.15) is 11.1 Å². The molecule has 0 saturated carbocycles. The number of fused-ring (bicyclic) bond motifs is 1. The molecule has 0 unspecified atom stereocenters. The molecule has 8 nitrogen and oxygen atoms in total. The first-order valence-corrected chi connectivity index (χ1v) is 7.25. The maximum atomic E-state index is 12.1. The second-order valence-electron chi connectivity index (χ2n) is 5.42. The van der Waals surface area contributed by atoms with Crippen LogP contribution < -0.4 is 10.9 Å². The van der Waals surface area contributed by atoms with E-state index < -0.39 is 17.6 Å². The third kappa shape index (κ3) is 3.84. The first-order valence-electron chi connectivity index (χ1n) is 7.25. The number of amides is 1. The largest absolute Gasteiger partial charge is 0.508 e. The van der Waals surface area contributed by atoms with Crippen LogP contribution in [0.15, 0.2) is 21.3 Å². The van der Waals surface area contributed by atoms with Gasteiger partial charge in [-0.2, -0.15) is 0 Å². The molecule has 8 heteroatoms. The Morgan fingerprint density at radius 3 is 2.75 bits per heavy atom. The molecular formula is C16H19NO7. The number of nitrogens with one attached hydrogen (secondary N) is 1. The van der Waals surface area contributed by atoms with Crippen molar-refractivity contribution >= 4 is 16.9 Å². The lowest BCUT2D eigenvalue weighted by atomic mass is 10.0. The summed E-state index contributed by atoms with van der Waals surface area (Å²) < 4.78 is 9.82. The van der Waals surface area contributed by atoms with Gasteiger partial charge in [0.05, 0.1) is 30.1 Å². The summed E-state index contributed by atoms with van der Waals surface area (Å²) in [7, 11) is 1.43. The third-order valence-corrected chi connectivity index (χ3v) is 3.57. The minimum absolute atomic E-state index is 0.0102. The maximum Gasteiger partial charge on any atom is 0.340 e. The molecule has 1 amide bonds. The summed E-state index contributed by atoms with van der Waals surface area (Å²) in [6.07, 6.45) is -1.11. The maximum absolute atomic E-state index is 12.1. The van der Waals surface area contributed by atoms with E-state index in [1.807, 2.05) is 0 Å². The Balaban J connectivity index is 2.26. The normalized spacial score (nSPS) is 12.3. The second kappa shape index (κ2) is 7.33. The van der Waals surface area contributed by atoms with Crippen LogP contribution in [0.4, 0.5) is 0 Å². The van der Waals surface area contributed by atoms with Crippen molar-refractivity contribution < 1.29 is 29.3 Å². The number of aliphatic hydroxyl groups excluding tert-OH is 1. The number of phenolic OH excluding ortho intramolecular Hbond substituents is 2. The van der Waals surface area contributed by atoms with Crippen LogP contribution in [0.5, 0.6) is 11.5 Å². The molecule has 1 aromatic heterocycles. The molecule has 1 heterocycles. The van der Waals surface area contributed by atoms with Gasteiger partial charge in [-0.15, -0.1) is 0 Å². The predicted molar refractivity (Wildman–Crippen MR) is 85.1 cm³/mol. The van der Waals surface area contributed by atoms with Gasteiger partial charge >= 0.3 is 5.63 Å². The van der Waals surface area contributed by atoms with Gasteiger partial charge in [-0.25, -0.2) is 4.79 Å². The van der Waals surface area contributed by atoms with Crippen LogP contribution in [0, 0.1) is 6.92 Å². The topological polar surface area (TPSA) is 129 Å². The molecular weight excluding hydrogens is 318 g/mol. The Kier molecular flexibility index (Phi) is 5.42. The molecule has 0 radical (unpaired) electrons. The number of carbonyl (C=O) groups is 1. The number of benzene rings is 1. The van der Waals surface area contributed by atoms with E-state index in [1.54, 1.807) is 6.92 Å². The first-order chi connectivity index (χ1) is 11.3. The zero-order valence-electron chi connectivity index (χ0n) is 13.3. The summed E-state index contributed by atoms with van der Waals surface area (Å²) in [5.74, 6) is -0.957. The highest BCUT2D eigenvalue weighted by molar-refractivity contribution is 5.89. The summed E-state index contributed by atoms with van der Waals surface area (Å²) >= 11 is 0. The number of aromatic hydroxyl groups is 2. The van der Waals surface area contributed by atoms with Crippen LogP contribution in [-0.4, -0.2) is 47.6 Å². The van der Waals surface area contributed by atoms with Gasteiger partial charge in [-0.1, -0.05) is 0 Å². The molecule has 4 N–H and O–H groups in total. The fourth-order valence-corrected chi connectivity index (χ4v) is 2.42. The highest BCUT2D eigenvalue weighted by atomic mass is 16.5. The number of ether oxygens (including phenoxy) is 1. The van der Waals surface area contributed by atoms with E-state index in [9.17, 15) is 24.9 Å². The highest BCUT2D eigenvalue weighted by Crippen LogP contribution is 2.32. The predicted octanol–water partition coefficient (Wildman–Crippen LogP) is 0.179. The molecule has 0 aliphatic heterocycles. The summed E-state index contributed by atoms with van der Waals surface area (Å²) in [4.78, 5) is 24.0. The molecule has 2 aromatic rings. The van der Waals surface area contributed by atoms with Gasteiger partial charge in [0, 0.05) is 25.8 Å². The molecule has 0 aliphatic rings. The van der Waals surface area contributed by atoms with Crippen LogP contribution in [-0.2, 0) is 16.0 Å². The van der Waals surface area contributed by atoms with E-state index in [0.29, 0.717) is 5.56 Å². The fourth-order valence-electron chi connectivity index (χ4n) is 2.42. The second-order valence-corrected chi connectivity index (χ2v) is 5.42. The van der Waals surface area contributed by atoms with Crippen molar-refractivity contribution in [3.8, 4) is 11.5 Å². The smallest absolute Gasteiger partial charge is 0.340 e. The minimum atomic E-state index is -0.847. The molecule has 0 spiro atoms. The lowest BCUT2D eigenvalue weighted by Crippen LogP contribution is -2.36. The van der Waals surface area contributed by atoms with Gasteiger partial charge in [0.15, 0.2) is 0 Å². The number of carbonyl (C=O) groups excluding carboxylic acids is 1. The Bertz CT molecular complexity index is 812.